The Morgan fingerprint density at radius 3 is 1.66 bits per heavy atom. The molecule has 3 aromatic carbocycles. The minimum absolute atomic E-state index is 0.0503. The first-order valence-electron chi connectivity index (χ1n) is 14.3. The van der Waals surface area contributed by atoms with E-state index in [2.05, 4.69) is 25.3 Å². The molecule has 0 bridgehead atoms. The van der Waals surface area contributed by atoms with Gasteiger partial charge in [-0.25, -0.2) is 9.59 Å². The molecule has 1 aliphatic carbocycles. The zero-order chi connectivity index (χ0) is 31.9. The third-order valence-electron chi connectivity index (χ3n) is 7.56. The van der Waals surface area contributed by atoms with Crippen LogP contribution in [-0.2, 0) is 43.5 Å². The van der Waals surface area contributed by atoms with E-state index in [4.69, 9.17) is 30.5 Å². The van der Waals surface area contributed by atoms with E-state index < -0.39 is 29.3 Å². The van der Waals surface area contributed by atoms with Gasteiger partial charge in [-0.15, -0.1) is 0 Å². The quantitative estimate of drug-likeness (QED) is 0.0856. The van der Waals surface area contributed by atoms with Gasteiger partial charge in [0.25, 0.3) is 0 Å². The van der Waals surface area contributed by atoms with Gasteiger partial charge in [0.15, 0.2) is 0 Å². The van der Waals surface area contributed by atoms with E-state index in [-0.39, 0.29) is 50.4 Å². The minimum Gasteiger partial charge on any atom is -0.462 e. The molecule has 0 atom stereocenters. The van der Waals surface area contributed by atoms with Crippen molar-refractivity contribution in [3.63, 3.8) is 0 Å². The second-order valence-corrected chi connectivity index (χ2v) is 11.2. The number of hydrogen-bond donors (Lipinski definition) is 0. The van der Waals surface area contributed by atoms with E-state index in [0.29, 0.717) is 17.9 Å². The number of hydrogen-bond acceptors (Lipinski definition) is 8. The SMILES string of the molecule is C=C(C)C(=O)OCCOC(=O)CCC1(CCC(=O)OCCOC(=O)C(=C)C)c2ccc(Cl)cc2-c2cc3ccccc3cc21. The standard InChI is InChI=1S/C35H35ClO8/c1-22(2)33(39)43-17-15-41-31(37)11-13-35(14-12-32(38)42-16-18-44-34(40)23(3)4)29-10-9-26(36)21-28(29)27-19-24-7-5-6-8-25(24)20-30(27)35/h5-10,19-21H,1,3,11-18H2,2,4H3. The van der Waals surface area contributed by atoms with Gasteiger partial charge in [0.2, 0.25) is 0 Å². The zero-order valence-electron chi connectivity index (χ0n) is 24.9. The normalized spacial score (nSPS) is 12.5. The summed E-state index contributed by atoms with van der Waals surface area (Å²) in [7, 11) is 0. The molecular weight excluding hydrogens is 584 g/mol. The monoisotopic (exact) mass is 618 g/mol. The maximum atomic E-state index is 12.9. The van der Waals surface area contributed by atoms with Crippen LogP contribution < -0.4 is 0 Å². The molecule has 0 saturated heterocycles. The maximum absolute atomic E-state index is 12.9. The Bertz CT molecular complexity index is 1570. The van der Waals surface area contributed by atoms with Crippen molar-refractivity contribution in [2.24, 2.45) is 0 Å². The van der Waals surface area contributed by atoms with Gasteiger partial charge in [-0.1, -0.05) is 55.1 Å². The second-order valence-electron chi connectivity index (χ2n) is 10.8. The Balaban J connectivity index is 1.57. The third-order valence-corrected chi connectivity index (χ3v) is 7.79. The van der Waals surface area contributed by atoms with E-state index in [1.54, 1.807) is 0 Å². The van der Waals surface area contributed by atoms with E-state index in [9.17, 15) is 19.2 Å². The molecule has 0 unspecified atom stereocenters. The number of esters is 4. The number of ether oxygens (including phenoxy) is 4. The van der Waals surface area contributed by atoms with E-state index >= 15 is 0 Å². The lowest BCUT2D eigenvalue weighted by Crippen LogP contribution is -2.28. The summed E-state index contributed by atoms with van der Waals surface area (Å²) in [5.41, 5.74) is 3.67. The Morgan fingerprint density at radius 1 is 0.659 bits per heavy atom. The summed E-state index contributed by atoms with van der Waals surface area (Å²) in [4.78, 5) is 49.0. The predicted octanol–water partition coefficient (Wildman–Crippen LogP) is 6.65. The lowest BCUT2D eigenvalue weighted by atomic mass is 9.71. The Hall–Kier alpha value is -4.43. The molecule has 44 heavy (non-hydrogen) atoms. The molecule has 230 valence electrons. The summed E-state index contributed by atoms with van der Waals surface area (Å²) in [5.74, 6) is -2.01. The van der Waals surface area contributed by atoms with Crippen LogP contribution in [0, 0.1) is 0 Å². The lowest BCUT2D eigenvalue weighted by Gasteiger charge is -2.32. The zero-order valence-corrected chi connectivity index (χ0v) is 25.7. The van der Waals surface area contributed by atoms with Crippen molar-refractivity contribution in [2.75, 3.05) is 26.4 Å². The molecule has 0 heterocycles. The van der Waals surface area contributed by atoms with E-state index in [0.717, 1.165) is 33.0 Å². The summed E-state index contributed by atoms with van der Waals surface area (Å²) >= 11 is 6.45. The minimum atomic E-state index is -0.726. The highest BCUT2D eigenvalue weighted by Gasteiger charge is 2.44. The number of carbonyl (C=O) groups excluding carboxylic acids is 4. The number of carbonyl (C=O) groups is 4. The predicted molar refractivity (Wildman–Crippen MR) is 167 cm³/mol. The van der Waals surface area contributed by atoms with Crippen molar-refractivity contribution in [2.45, 2.75) is 44.9 Å². The van der Waals surface area contributed by atoms with Crippen LogP contribution in [0.15, 0.2) is 78.9 Å². The number of halogens is 1. The highest BCUT2D eigenvalue weighted by molar-refractivity contribution is 6.31. The molecule has 0 saturated carbocycles. The first kappa shape index (κ1) is 32.5. The van der Waals surface area contributed by atoms with Gasteiger partial charge in [0.05, 0.1) is 0 Å². The molecule has 0 radical (unpaired) electrons. The van der Waals surface area contributed by atoms with E-state index in [1.165, 1.54) is 13.8 Å². The molecule has 0 aromatic heterocycles. The van der Waals surface area contributed by atoms with Crippen LogP contribution in [0.5, 0.6) is 0 Å². The van der Waals surface area contributed by atoms with Gasteiger partial charge >= 0.3 is 23.9 Å². The fourth-order valence-corrected chi connectivity index (χ4v) is 5.60. The van der Waals surface area contributed by atoms with Crippen molar-refractivity contribution in [1.29, 1.82) is 0 Å². The summed E-state index contributed by atoms with van der Waals surface area (Å²) in [5, 5.41) is 2.66. The average molecular weight is 619 g/mol. The molecule has 0 spiro atoms. The fraction of sp³-hybridized carbons (Fsp3) is 0.314. The maximum Gasteiger partial charge on any atom is 0.333 e. The summed E-state index contributed by atoms with van der Waals surface area (Å²) in [6.45, 7) is 9.81. The first-order chi connectivity index (χ1) is 21.0. The fourth-order valence-electron chi connectivity index (χ4n) is 5.43. The van der Waals surface area contributed by atoms with Gasteiger partial charge < -0.3 is 18.9 Å². The van der Waals surface area contributed by atoms with Crippen LogP contribution in [0.4, 0.5) is 0 Å². The van der Waals surface area contributed by atoms with Crippen LogP contribution >= 0.6 is 11.6 Å². The number of fused-ring (bicyclic) bond motifs is 4. The van der Waals surface area contributed by atoms with Crippen LogP contribution in [0.1, 0.15) is 50.7 Å². The highest BCUT2D eigenvalue weighted by Crippen LogP contribution is 2.55. The Kier molecular flexibility index (Phi) is 10.6. The van der Waals surface area contributed by atoms with E-state index in [1.807, 2.05) is 42.5 Å². The summed E-state index contributed by atoms with van der Waals surface area (Å²) in [6, 6.07) is 17.9. The molecule has 9 heteroatoms. The average Bonchev–Trinajstić information content (AvgIpc) is 3.25. The van der Waals surface area contributed by atoms with Crippen molar-refractivity contribution in [3.05, 3.63) is 95.1 Å². The Labute approximate surface area is 261 Å². The van der Waals surface area contributed by atoms with Crippen molar-refractivity contribution < 1.29 is 38.1 Å². The lowest BCUT2D eigenvalue weighted by molar-refractivity contribution is -0.150. The summed E-state index contributed by atoms with van der Waals surface area (Å²) in [6.07, 6.45) is 0.797. The molecule has 4 rings (SSSR count). The molecule has 0 aliphatic heterocycles. The van der Waals surface area contributed by atoms with Gasteiger partial charge in [0.1, 0.15) is 26.4 Å². The van der Waals surface area contributed by atoms with Crippen molar-refractivity contribution in [3.8, 4) is 11.1 Å². The number of rotatable bonds is 14. The van der Waals surface area contributed by atoms with Crippen molar-refractivity contribution >= 4 is 46.3 Å². The molecule has 0 N–H and O–H groups in total. The molecular formula is C35H35ClO8. The topological polar surface area (TPSA) is 105 Å². The molecule has 3 aromatic rings. The van der Waals surface area contributed by atoms with Gasteiger partial charge in [-0.2, -0.15) is 0 Å². The second kappa shape index (κ2) is 14.4. The molecule has 0 amide bonds. The summed E-state index contributed by atoms with van der Waals surface area (Å²) < 4.78 is 20.8. The van der Waals surface area contributed by atoms with Crippen LogP contribution in [-0.4, -0.2) is 50.3 Å². The largest absolute Gasteiger partial charge is 0.462 e. The first-order valence-corrected chi connectivity index (χ1v) is 14.7. The van der Waals surface area contributed by atoms with Gasteiger partial charge in [-0.05, 0) is 84.0 Å². The molecule has 8 nitrogen and oxygen atoms in total. The van der Waals surface area contributed by atoms with Crippen LogP contribution in [0.25, 0.3) is 21.9 Å². The third kappa shape index (κ3) is 7.55. The van der Waals surface area contributed by atoms with Crippen molar-refractivity contribution in [1.82, 2.24) is 0 Å². The Morgan fingerprint density at radius 2 is 1.14 bits per heavy atom. The van der Waals surface area contributed by atoms with Crippen LogP contribution in [0.2, 0.25) is 5.02 Å². The molecule has 1 aliphatic rings. The van der Waals surface area contributed by atoms with Gasteiger partial charge in [0, 0.05) is 34.4 Å². The number of benzene rings is 3. The van der Waals surface area contributed by atoms with Crippen LogP contribution in [0.3, 0.4) is 0 Å². The smallest absolute Gasteiger partial charge is 0.333 e. The van der Waals surface area contributed by atoms with Gasteiger partial charge in [-0.3, -0.25) is 9.59 Å². The highest BCUT2D eigenvalue weighted by atomic mass is 35.5. The molecule has 0 fully saturated rings.